The minimum absolute atomic E-state index is 0.101. The van der Waals surface area contributed by atoms with Crippen LogP contribution in [0.3, 0.4) is 0 Å². The van der Waals surface area contributed by atoms with Crippen molar-refractivity contribution < 1.29 is 8.42 Å². The molecule has 0 spiro atoms. The van der Waals surface area contributed by atoms with Crippen molar-refractivity contribution in [1.82, 2.24) is 20.2 Å². The molecule has 1 aromatic heterocycles. The van der Waals surface area contributed by atoms with Crippen LogP contribution in [-0.2, 0) is 16.6 Å². The molecule has 1 aliphatic carbocycles. The summed E-state index contributed by atoms with van der Waals surface area (Å²) in [6.07, 6.45) is 3.87. The fourth-order valence-corrected chi connectivity index (χ4v) is 2.27. The zero-order valence-corrected chi connectivity index (χ0v) is 10.3. The normalized spacial score (nSPS) is 16.0. The summed E-state index contributed by atoms with van der Waals surface area (Å²) < 4.78 is 25.7. The standard InChI is InChI=1S/C10H16N4O2S/c15-17(16,7-6-11-9-3-4-9)13-8-10-2-1-5-12-14-10/h1-2,5,9,11,13H,3-4,6-8H2. The van der Waals surface area contributed by atoms with Gasteiger partial charge in [-0.2, -0.15) is 10.2 Å². The van der Waals surface area contributed by atoms with Crippen LogP contribution in [0.15, 0.2) is 18.3 Å². The Balaban J connectivity index is 1.72. The van der Waals surface area contributed by atoms with Crippen LogP contribution in [0, 0.1) is 0 Å². The van der Waals surface area contributed by atoms with Crippen LogP contribution in [0.2, 0.25) is 0 Å². The summed E-state index contributed by atoms with van der Waals surface area (Å²) in [5, 5.41) is 10.7. The van der Waals surface area contributed by atoms with Crippen molar-refractivity contribution in [3.63, 3.8) is 0 Å². The quantitative estimate of drug-likeness (QED) is 0.696. The van der Waals surface area contributed by atoms with E-state index in [-0.39, 0.29) is 12.3 Å². The number of aromatic nitrogens is 2. The molecule has 17 heavy (non-hydrogen) atoms. The molecule has 1 heterocycles. The molecule has 2 N–H and O–H groups in total. The topological polar surface area (TPSA) is 84.0 Å². The zero-order valence-electron chi connectivity index (χ0n) is 9.46. The minimum atomic E-state index is -3.23. The first-order chi connectivity index (χ1) is 8.16. The summed E-state index contributed by atoms with van der Waals surface area (Å²) in [6.45, 7) is 0.695. The average molecular weight is 256 g/mol. The third-order valence-corrected chi connectivity index (χ3v) is 3.81. The van der Waals surface area contributed by atoms with Gasteiger partial charge in [0, 0.05) is 18.8 Å². The van der Waals surface area contributed by atoms with Crippen LogP contribution in [0.5, 0.6) is 0 Å². The second-order valence-electron chi connectivity index (χ2n) is 4.08. The highest BCUT2D eigenvalue weighted by atomic mass is 32.2. The first-order valence-electron chi connectivity index (χ1n) is 5.63. The van der Waals surface area contributed by atoms with Crippen molar-refractivity contribution in [1.29, 1.82) is 0 Å². The molecule has 0 saturated heterocycles. The molecular weight excluding hydrogens is 240 g/mol. The van der Waals surface area contributed by atoms with Crippen molar-refractivity contribution in [3.8, 4) is 0 Å². The summed E-state index contributed by atoms with van der Waals surface area (Å²) in [5.74, 6) is 0.101. The molecule has 0 amide bonds. The molecule has 94 valence electrons. The Bertz CT molecular complexity index is 445. The molecule has 0 bridgehead atoms. The second kappa shape index (κ2) is 5.52. The number of hydrogen-bond acceptors (Lipinski definition) is 5. The number of rotatable bonds is 7. The molecule has 0 aliphatic heterocycles. The maximum absolute atomic E-state index is 11.6. The predicted octanol–water partition coefficient (Wildman–Crippen LogP) is -0.352. The fourth-order valence-electron chi connectivity index (χ4n) is 1.37. The molecular formula is C10H16N4O2S. The second-order valence-corrected chi connectivity index (χ2v) is 6.01. The molecule has 6 nitrogen and oxygen atoms in total. The van der Waals surface area contributed by atoms with E-state index in [9.17, 15) is 8.42 Å². The lowest BCUT2D eigenvalue weighted by molar-refractivity contribution is 0.575. The van der Waals surface area contributed by atoms with E-state index in [1.165, 1.54) is 0 Å². The number of hydrogen-bond donors (Lipinski definition) is 2. The molecule has 1 fully saturated rings. The van der Waals surface area contributed by atoms with Crippen molar-refractivity contribution in [2.45, 2.75) is 25.4 Å². The van der Waals surface area contributed by atoms with E-state index in [1.54, 1.807) is 18.3 Å². The minimum Gasteiger partial charge on any atom is -0.313 e. The summed E-state index contributed by atoms with van der Waals surface area (Å²) >= 11 is 0. The molecule has 1 aliphatic rings. The summed E-state index contributed by atoms with van der Waals surface area (Å²) in [7, 11) is -3.23. The maximum atomic E-state index is 11.6. The smallest absolute Gasteiger partial charge is 0.213 e. The van der Waals surface area contributed by atoms with Crippen LogP contribution in [0.1, 0.15) is 18.5 Å². The van der Waals surface area contributed by atoms with Gasteiger partial charge in [0.25, 0.3) is 0 Å². The van der Waals surface area contributed by atoms with Gasteiger partial charge in [-0.15, -0.1) is 0 Å². The van der Waals surface area contributed by atoms with Crippen molar-refractivity contribution >= 4 is 10.0 Å². The third-order valence-electron chi connectivity index (χ3n) is 2.48. The van der Waals surface area contributed by atoms with Crippen molar-refractivity contribution in [3.05, 3.63) is 24.0 Å². The van der Waals surface area contributed by atoms with E-state index in [0.29, 0.717) is 18.3 Å². The Morgan fingerprint density at radius 3 is 2.88 bits per heavy atom. The van der Waals surface area contributed by atoms with Gasteiger partial charge in [0.2, 0.25) is 10.0 Å². The number of nitrogens with zero attached hydrogens (tertiary/aromatic N) is 2. The molecule has 0 aromatic carbocycles. The average Bonchev–Trinajstić information content (AvgIpc) is 3.12. The number of nitrogens with one attached hydrogen (secondary N) is 2. The van der Waals surface area contributed by atoms with Gasteiger partial charge >= 0.3 is 0 Å². The maximum Gasteiger partial charge on any atom is 0.213 e. The highest BCUT2D eigenvalue weighted by Crippen LogP contribution is 2.17. The molecule has 7 heteroatoms. The third kappa shape index (κ3) is 4.76. The van der Waals surface area contributed by atoms with E-state index in [1.807, 2.05) is 0 Å². The van der Waals surface area contributed by atoms with Crippen LogP contribution >= 0.6 is 0 Å². The van der Waals surface area contributed by atoms with Crippen LogP contribution < -0.4 is 10.0 Å². The largest absolute Gasteiger partial charge is 0.313 e. The highest BCUT2D eigenvalue weighted by Gasteiger charge is 2.21. The fraction of sp³-hybridized carbons (Fsp3) is 0.600. The van der Waals surface area contributed by atoms with Gasteiger partial charge in [-0.05, 0) is 25.0 Å². The van der Waals surface area contributed by atoms with Gasteiger partial charge in [0.15, 0.2) is 0 Å². The molecule has 0 atom stereocenters. The van der Waals surface area contributed by atoms with Gasteiger partial charge < -0.3 is 5.32 Å². The molecule has 1 saturated carbocycles. The van der Waals surface area contributed by atoms with Crippen LogP contribution in [0.25, 0.3) is 0 Å². The van der Waals surface area contributed by atoms with Crippen LogP contribution in [0.4, 0.5) is 0 Å². The van der Waals surface area contributed by atoms with E-state index < -0.39 is 10.0 Å². The van der Waals surface area contributed by atoms with Crippen molar-refractivity contribution in [2.75, 3.05) is 12.3 Å². The van der Waals surface area contributed by atoms with Gasteiger partial charge in [-0.1, -0.05) is 0 Å². The van der Waals surface area contributed by atoms with E-state index in [2.05, 4.69) is 20.2 Å². The predicted molar refractivity (Wildman–Crippen MR) is 63.7 cm³/mol. The zero-order chi connectivity index (χ0) is 12.1. The summed E-state index contributed by atoms with van der Waals surface area (Å²) in [4.78, 5) is 0. The first-order valence-corrected chi connectivity index (χ1v) is 7.28. The van der Waals surface area contributed by atoms with Gasteiger partial charge in [0.1, 0.15) is 0 Å². The SMILES string of the molecule is O=S(=O)(CCNC1CC1)NCc1cccnn1. The molecule has 0 unspecified atom stereocenters. The molecule has 2 rings (SSSR count). The van der Waals surface area contributed by atoms with E-state index in [4.69, 9.17) is 0 Å². The molecule has 1 aromatic rings. The Morgan fingerprint density at radius 1 is 1.41 bits per heavy atom. The summed E-state index contributed by atoms with van der Waals surface area (Å²) in [5.41, 5.74) is 0.617. The summed E-state index contributed by atoms with van der Waals surface area (Å²) in [6, 6.07) is 3.99. The Morgan fingerprint density at radius 2 is 2.24 bits per heavy atom. The van der Waals surface area contributed by atoms with Crippen LogP contribution in [-0.4, -0.2) is 37.0 Å². The lowest BCUT2D eigenvalue weighted by atomic mass is 10.4. The first kappa shape index (κ1) is 12.4. The van der Waals surface area contributed by atoms with E-state index >= 15 is 0 Å². The van der Waals surface area contributed by atoms with E-state index in [0.717, 1.165) is 12.8 Å². The highest BCUT2D eigenvalue weighted by molar-refractivity contribution is 7.89. The monoisotopic (exact) mass is 256 g/mol. The van der Waals surface area contributed by atoms with Gasteiger partial charge in [0.05, 0.1) is 18.0 Å². The lowest BCUT2D eigenvalue weighted by Crippen LogP contribution is -2.32. The Kier molecular flexibility index (Phi) is 4.03. The molecule has 0 radical (unpaired) electrons. The van der Waals surface area contributed by atoms with Gasteiger partial charge in [-0.3, -0.25) is 0 Å². The lowest BCUT2D eigenvalue weighted by Gasteiger charge is -2.06. The van der Waals surface area contributed by atoms with Gasteiger partial charge in [-0.25, -0.2) is 13.1 Å². The van der Waals surface area contributed by atoms with Crippen molar-refractivity contribution in [2.24, 2.45) is 0 Å². The Labute approximate surface area is 101 Å². The number of sulfonamides is 1. The Hall–Kier alpha value is -1.05.